The minimum atomic E-state index is -4.47. The maximum atomic E-state index is 12.2. The summed E-state index contributed by atoms with van der Waals surface area (Å²) in [4.78, 5) is 42.9. The summed E-state index contributed by atoms with van der Waals surface area (Å²) in [5.74, 6) is -2.10. The minimum Gasteiger partial charge on any atom is -0.480 e. The highest BCUT2D eigenvalue weighted by Gasteiger charge is 2.38. The van der Waals surface area contributed by atoms with Gasteiger partial charge in [0.25, 0.3) is 0 Å². The van der Waals surface area contributed by atoms with Gasteiger partial charge in [0.2, 0.25) is 5.78 Å². The molecule has 0 fully saturated rings. The Balaban J connectivity index is 3.12. The summed E-state index contributed by atoms with van der Waals surface area (Å²) >= 11 is 1.09. The normalized spacial score (nSPS) is 13.7. The van der Waals surface area contributed by atoms with Gasteiger partial charge in [-0.2, -0.15) is 0 Å². The Morgan fingerprint density at radius 1 is 1.40 bits per heavy atom. The predicted octanol–water partition coefficient (Wildman–Crippen LogP) is 1.23. The molecule has 1 heterocycles. The first kappa shape index (κ1) is 17.0. The van der Waals surface area contributed by atoms with Crippen molar-refractivity contribution in [3.63, 3.8) is 0 Å². The molecule has 0 aliphatic heterocycles. The van der Waals surface area contributed by atoms with E-state index in [0.29, 0.717) is 0 Å². The first-order valence-corrected chi connectivity index (χ1v) is 8.42. The zero-order valence-corrected chi connectivity index (χ0v) is 12.7. The first-order chi connectivity index (χ1) is 9.13. The number of Topliss-reactive ketones (excluding diaryl/α,β-unsaturated/α-hetero) is 1. The van der Waals surface area contributed by atoms with E-state index in [4.69, 9.17) is 9.79 Å². The molecule has 1 rings (SSSR count). The van der Waals surface area contributed by atoms with E-state index in [-0.39, 0.29) is 4.88 Å². The number of thiophene rings is 1. The van der Waals surface area contributed by atoms with E-state index in [1.54, 1.807) is 25.3 Å². The van der Waals surface area contributed by atoms with Crippen molar-refractivity contribution in [1.29, 1.82) is 0 Å². The van der Waals surface area contributed by atoms with Crippen molar-refractivity contribution in [2.45, 2.75) is 25.9 Å². The highest BCUT2D eigenvalue weighted by Crippen LogP contribution is 2.37. The summed E-state index contributed by atoms with van der Waals surface area (Å²) in [6.07, 6.45) is -0.779. The Bertz CT molecular complexity index is 523. The quantitative estimate of drug-likeness (QED) is 0.393. The number of ketones is 1. The topological polar surface area (TPSA) is 115 Å². The fraction of sp³-hybridized carbons (Fsp3) is 0.455. The number of nitrogens with zero attached hydrogens (tertiary/aromatic N) is 1. The number of carboxylic acid groups (broad SMARTS) is 1. The highest BCUT2D eigenvalue weighted by atomic mass is 32.1. The fourth-order valence-corrected chi connectivity index (χ4v) is 3.32. The standard InChI is InChI=1S/C11H16NO6PS/c1-7(2)12(6-19(16,17)18)9(11(14)15)10(13)8-4-3-5-20-8/h3-5,7,9H,6H2,1-2H3,(H,14,15)(H2,16,17,18). The summed E-state index contributed by atoms with van der Waals surface area (Å²) < 4.78 is 11.1. The van der Waals surface area contributed by atoms with Crippen LogP contribution in [0.5, 0.6) is 0 Å². The molecule has 9 heteroatoms. The SMILES string of the molecule is CC(C)N(CP(=O)(O)O)C(C(=O)O)C(=O)c1cccs1. The van der Waals surface area contributed by atoms with E-state index < -0.39 is 37.7 Å². The molecule has 0 amide bonds. The number of carbonyl (C=O) groups excluding carboxylic acids is 1. The van der Waals surface area contributed by atoms with Gasteiger partial charge in [0.1, 0.15) is 6.29 Å². The molecular formula is C11H16NO6PS. The Hall–Kier alpha value is -1.05. The van der Waals surface area contributed by atoms with E-state index >= 15 is 0 Å². The lowest BCUT2D eigenvalue weighted by Gasteiger charge is -2.31. The molecule has 0 aliphatic carbocycles. The number of hydrogen-bond donors (Lipinski definition) is 3. The third-order valence-electron chi connectivity index (χ3n) is 2.59. The summed E-state index contributed by atoms with van der Waals surface area (Å²) in [5.41, 5.74) is 0. The van der Waals surface area contributed by atoms with Crippen molar-refractivity contribution < 1.29 is 29.0 Å². The molecule has 0 saturated heterocycles. The molecule has 1 unspecified atom stereocenters. The number of hydrogen-bond acceptors (Lipinski definition) is 5. The van der Waals surface area contributed by atoms with Gasteiger partial charge in [-0.15, -0.1) is 11.3 Å². The summed E-state index contributed by atoms with van der Waals surface area (Å²) in [6, 6.07) is 0.979. The second-order valence-electron chi connectivity index (χ2n) is 4.50. The van der Waals surface area contributed by atoms with Gasteiger partial charge in [0.15, 0.2) is 6.04 Å². The third kappa shape index (κ3) is 4.50. The Morgan fingerprint density at radius 3 is 2.35 bits per heavy atom. The van der Waals surface area contributed by atoms with Gasteiger partial charge in [-0.3, -0.25) is 19.1 Å². The van der Waals surface area contributed by atoms with Crippen LogP contribution in [0.2, 0.25) is 0 Å². The maximum absolute atomic E-state index is 12.2. The molecule has 0 saturated carbocycles. The Labute approximate surface area is 120 Å². The van der Waals surface area contributed by atoms with Crippen molar-refractivity contribution in [2.24, 2.45) is 0 Å². The molecule has 20 heavy (non-hydrogen) atoms. The number of carbonyl (C=O) groups is 2. The lowest BCUT2D eigenvalue weighted by molar-refractivity contribution is -0.141. The van der Waals surface area contributed by atoms with Gasteiger partial charge in [-0.05, 0) is 25.3 Å². The molecule has 0 aliphatic rings. The van der Waals surface area contributed by atoms with E-state index in [1.807, 2.05) is 0 Å². The van der Waals surface area contributed by atoms with E-state index in [9.17, 15) is 19.3 Å². The third-order valence-corrected chi connectivity index (χ3v) is 4.17. The minimum absolute atomic E-state index is 0.244. The van der Waals surface area contributed by atoms with Crippen LogP contribution < -0.4 is 0 Å². The summed E-state index contributed by atoms with van der Waals surface area (Å²) in [5, 5.41) is 10.9. The van der Waals surface area contributed by atoms with Crippen molar-refractivity contribution in [3.05, 3.63) is 22.4 Å². The van der Waals surface area contributed by atoms with E-state index in [1.165, 1.54) is 6.07 Å². The zero-order valence-electron chi connectivity index (χ0n) is 11.0. The molecule has 1 aromatic heterocycles. The Morgan fingerprint density at radius 2 is 2.00 bits per heavy atom. The Kier molecular flexibility index (Phi) is 5.61. The van der Waals surface area contributed by atoms with E-state index in [0.717, 1.165) is 16.2 Å². The van der Waals surface area contributed by atoms with Crippen LogP contribution in [-0.2, 0) is 9.36 Å². The molecule has 1 aromatic rings. The van der Waals surface area contributed by atoms with Crippen LogP contribution in [0.15, 0.2) is 17.5 Å². The lowest BCUT2D eigenvalue weighted by Crippen LogP contribution is -2.50. The largest absolute Gasteiger partial charge is 0.480 e. The van der Waals surface area contributed by atoms with Crippen LogP contribution in [0.25, 0.3) is 0 Å². The number of carboxylic acids is 1. The van der Waals surface area contributed by atoms with Crippen LogP contribution >= 0.6 is 18.9 Å². The average Bonchev–Trinajstić information content (AvgIpc) is 2.78. The van der Waals surface area contributed by atoms with Gasteiger partial charge in [0.05, 0.1) is 4.88 Å². The molecule has 7 nitrogen and oxygen atoms in total. The second kappa shape index (κ2) is 6.60. The molecule has 3 N–H and O–H groups in total. The lowest BCUT2D eigenvalue weighted by atomic mass is 10.1. The second-order valence-corrected chi connectivity index (χ2v) is 7.06. The van der Waals surface area contributed by atoms with Crippen molar-refractivity contribution in [1.82, 2.24) is 4.90 Å². The van der Waals surface area contributed by atoms with Gasteiger partial charge in [-0.1, -0.05) is 6.07 Å². The average molecular weight is 321 g/mol. The van der Waals surface area contributed by atoms with Gasteiger partial charge >= 0.3 is 13.6 Å². The molecule has 0 bridgehead atoms. The van der Waals surface area contributed by atoms with Gasteiger partial charge < -0.3 is 14.9 Å². The van der Waals surface area contributed by atoms with Crippen molar-refractivity contribution in [2.75, 3.05) is 6.29 Å². The summed E-state index contributed by atoms with van der Waals surface area (Å²) in [6.45, 7) is 3.15. The molecular weight excluding hydrogens is 305 g/mol. The number of rotatable bonds is 7. The van der Waals surface area contributed by atoms with Gasteiger partial charge in [0, 0.05) is 6.04 Å². The predicted molar refractivity (Wildman–Crippen MR) is 74.0 cm³/mol. The van der Waals surface area contributed by atoms with Gasteiger partial charge in [-0.25, -0.2) is 0 Å². The van der Waals surface area contributed by atoms with Crippen LogP contribution in [0.3, 0.4) is 0 Å². The van der Waals surface area contributed by atoms with Crippen molar-refractivity contribution in [3.8, 4) is 0 Å². The molecule has 0 aromatic carbocycles. The van der Waals surface area contributed by atoms with Crippen LogP contribution in [0, 0.1) is 0 Å². The smallest absolute Gasteiger partial charge is 0.339 e. The van der Waals surface area contributed by atoms with Crippen LogP contribution in [-0.4, -0.2) is 49.9 Å². The maximum Gasteiger partial charge on any atom is 0.339 e. The molecule has 1 atom stereocenters. The number of aliphatic carboxylic acids is 1. The monoisotopic (exact) mass is 321 g/mol. The van der Waals surface area contributed by atoms with Crippen LogP contribution in [0.4, 0.5) is 0 Å². The summed E-state index contributed by atoms with van der Waals surface area (Å²) in [7, 11) is -4.47. The highest BCUT2D eigenvalue weighted by molar-refractivity contribution is 7.51. The zero-order chi connectivity index (χ0) is 15.5. The first-order valence-electron chi connectivity index (χ1n) is 5.74. The van der Waals surface area contributed by atoms with Crippen molar-refractivity contribution >= 4 is 30.7 Å². The molecule has 0 radical (unpaired) electrons. The fourth-order valence-electron chi connectivity index (χ4n) is 1.71. The molecule has 0 spiro atoms. The van der Waals surface area contributed by atoms with E-state index in [2.05, 4.69) is 0 Å². The van der Waals surface area contributed by atoms with Crippen LogP contribution in [0.1, 0.15) is 23.5 Å². The molecule has 112 valence electrons.